The van der Waals surface area contributed by atoms with Crippen LogP contribution in [0.25, 0.3) is 0 Å². The third kappa shape index (κ3) is 2.77. The van der Waals surface area contributed by atoms with Gasteiger partial charge in [0, 0.05) is 12.6 Å². The van der Waals surface area contributed by atoms with Crippen molar-refractivity contribution in [2.75, 3.05) is 6.54 Å². The zero-order valence-electron chi connectivity index (χ0n) is 14.1. The second kappa shape index (κ2) is 5.24. The monoisotopic (exact) mass is 307 g/mol. The molecule has 2 aliphatic carbocycles. The average molecular weight is 307 g/mol. The van der Waals surface area contributed by atoms with Gasteiger partial charge < -0.3 is 10.0 Å². The maximum absolute atomic E-state index is 13.1. The summed E-state index contributed by atoms with van der Waals surface area (Å²) in [6.07, 6.45) is 6.64. The summed E-state index contributed by atoms with van der Waals surface area (Å²) in [6.45, 7) is 7.71. The fourth-order valence-corrected chi connectivity index (χ4v) is 5.65. The van der Waals surface area contributed by atoms with Crippen molar-refractivity contribution in [2.24, 2.45) is 22.7 Å². The Balaban J connectivity index is 1.79. The van der Waals surface area contributed by atoms with E-state index in [2.05, 4.69) is 25.7 Å². The maximum atomic E-state index is 13.1. The molecule has 4 atom stereocenters. The first-order valence-electron chi connectivity index (χ1n) is 8.74. The first kappa shape index (κ1) is 15.8. The van der Waals surface area contributed by atoms with Crippen molar-refractivity contribution in [2.45, 2.75) is 71.8 Å². The summed E-state index contributed by atoms with van der Waals surface area (Å²) in [5.41, 5.74) is 0.501. The summed E-state index contributed by atoms with van der Waals surface area (Å²) in [5, 5.41) is 9.45. The summed E-state index contributed by atoms with van der Waals surface area (Å²) < 4.78 is 0. The number of hydrogen-bond acceptors (Lipinski definition) is 2. The van der Waals surface area contributed by atoms with Crippen LogP contribution >= 0.6 is 0 Å². The number of rotatable bonds is 2. The molecule has 0 spiro atoms. The molecular formula is C18H29NO3. The van der Waals surface area contributed by atoms with Crippen molar-refractivity contribution in [1.82, 2.24) is 4.90 Å². The predicted molar refractivity (Wildman–Crippen MR) is 84.3 cm³/mol. The zero-order chi connectivity index (χ0) is 16.1. The normalized spacial score (nSPS) is 40.5. The largest absolute Gasteiger partial charge is 0.481 e. The van der Waals surface area contributed by atoms with Gasteiger partial charge in [-0.2, -0.15) is 0 Å². The van der Waals surface area contributed by atoms with Crippen molar-refractivity contribution >= 4 is 11.9 Å². The molecule has 0 aromatic heterocycles. The maximum Gasteiger partial charge on any atom is 0.307 e. The molecule has 0 unspecified atom stereocenters. The zero-order valence-corrected chi connectivity index (χ0v) is 14.1. The molecule has 3 fully saturated rings. The molecular weight excluding hydrogens is 278 g/mol. The number of aliphatic carboxylic acids is 1. The topological polar surface area (TPSA) is 57.6 Å². The molecule has 2 saturated carbocycles. The van der Waals surface area contributed by atoms with E-state index in [4.69, 9.17) is 0 Å². The molecule has 124 valence electrons. The molecule has 0 radical (unpaired) electrons. The Morgan fingerprint density at radius 3 is 2.32 bits per heavy atom. The van der Waals surface area contributed by atoms with E-state index in [0.29, 0.717) is 12.5 Å². The van der Waals surface area contributed by atoms with Crippen molar-refractivity contribution in [3.05, 3.63) is 0 Å². The summed E-state index contributed by atoms with van der Waals surface area (Å²) in [4.78, 5) is 26.6. The third-order valence-electron chi connectivity index (χ3n) is 6.10. The molecule has 2 bridgehead atoms. The van der Waals surface area contributed by atoms with Gasteiger partial charge in [0.25, 0.3) is 0 Å². The van der Waals surface area contributed by atoms with Crippen LogP contribution in [0, 0.1) is 22.7 Å². The highest BCUT2D eigenvalue weighted by Crippen LogP contribution is 2.53. The van der Waals surface area contributed by atoms with Crippen LogP contribution in [0.4, 0.5) is 0 Å². The smallest absolute Gasteiger partial charge is 0.307 e. The second-order valence-corrected chi connectivity index (χ2v) is 9.02. The van der Waals surface area contributed by atoms with Gasteiger partial charge in [-0.1, -0.05) is 33.6 Å². The van der Waals surface area contributed by atoms with E-state index >= 15 is 0 Å². The van der Waals surface area contributed by atoms with Gasteiger partial charge in [0.05, 0.1) is 11.8 Å². The highest BCUT2D eigenvalue weighted by atomic mass is 16.4. The van der Waals surface area contributed by atoms with Crippen LogP contribution in [-0.2, 0) is 9.59 Å². The van der Waals surface area contributed by atoms with Gasteiger partial charge in [-0.25, -0.2) is 0 Å². The van der Waals surface area contributed by atoms with E-state index in [1.807, 2.05) is 0 Å². The lowest BCUT2D eigenvalue weighted by Crippen LogP contribution is -2.45. The highest BCUT2D eigenvalue weighted by Gasteiger charge is 2.52. The van der Waals surface area contributed by atoms with Crippen LogP contribution in [0.5, 0.6) is 0 Å². The Bertz CT molecular complexity index is 487. The van der Waals surface area contributed by atoms with Gasteiger partial charge in [-0.05, 0) is 42.9 Å². The van der Waals surface area contributed by atoms with Crippen LogP contribution in [0.1, 0.15) is 65.7 Å². The van der Waals surface area contributed by atoms with Crippen LogP contribution in [0.15, 0.2) is 0 Å². The van der Waals surface area contributed by atoms with Gasteiger partial charge in [-0.15, -0.1) is 0 Å². The number of amides is 1. The lowest BCUT2D eigenvalue weighted by molar-refractivity contribution is -0.152. The van der Waals surface area contributed by atoms with Gasteiger partial charge in [-0.3, -0.25) is 9.59 Å². The Hall–Kier alpha value is -1.06. The summed E-state index contributed by atoms with van der Waals surface area (Å²) >= 11 is 0. The van der Waals surface area contributed by atoms with Crippen molar-refractivity contribution in [3.8, 4) is 0 Å². The quantitative estimate of drug-likeness (QED) is 0.851. The number of carboxylic acid groups (broad SMARTS) is 1. The Morgan fingerprint density at radius 1 is 1.05 bits per heavy atom. The molecule has 1 N–H and O–H groups in total. The molecule has 1 heterocycles. The molecule has 1 amide bonds. The van der Waals surface area contributed by atoms with E-state index in [-0.39, 0.29) is 22.7 Å². The average Bonchev–Trinajstić information content (AvgIpc) is 2.67. The number of carbonyl (C=O) groups is 2. The van der Waals surface area contributed by atoms with Gasteiger partial charge in [0.15, 0.2) is 0 Å². The third-order valence-corrected chi connectivity index (χ3v) is 6.10. The molecule has 4 heteroatoms. The van der Waals surface area contributed by atoms with Crippen LogP contribution in [0.3, 0.4) is 0 Å². The minimum absolute atomic E-state index is 0.124. The number of likely N-dealkylation sites (tertiary alicyclic amines) is 1. The first-order chi connectivity index (χ1) is 10.2. The molecule has 1 saturated heterocycles. The Labute approximate surface area is 133 Å². The molecule has 4 nitrogen and oxygen atoms in total. The number of carbonyl (C=O) groups excluding carboxylic acids is 1. The summed E-state index contributed by atoms with van der Waals surface area (Å²) in [5.74, 6) is -1.43. The fourth-order valence-electron chi connectivity index (χ4n) is 5.65. The highest BCUT2D eigenvalue weighted by molar-refractivity contribution is 5.85. The molecule has 0 aromatic rings. The fraction of sp³-hybridized carbons (Fsp3) is 0.889. The van der Waals surface area contributed by atoms with E-state index in [0.717, 1.165) is 45.1 Å². The van der Waals surface area contributed by atoms with Crippen molar-refractivity contribution < 1.29 is 14.7 Å². The summed E-state index contributed by atoms with van der Waals surface area (Å²) in [7, 11) is 0. The van der Waals surface area contributed by atoms with E-state index < -0.39 is 11.9 Å². The van der Waals surface area contributed by atoms with Gasteiger partial charge in [0.2, 0.25) is 5.91 Å². The SMILES string of the molecule is CC1(C)C[C@@H]2C[C@@](C)(CN2C(=O)[C@H]2CCCC[C@H]2C(=O)O)C1. The molecule has 3 aliphatic rings. The second-order valence-electron chi connectivity index (χ2n) is 9.02. The molecule has 0 aromatic carbocycles. The van der Waals surface area contributed by atoms with Crippen molar-refractivity contribution in [1.29, 1.82) is 0 Å². The minimum atomic E-state index is -0.785. The Kier molecular flexibility index (Phi) is 3.77. The predicted octanol–water partition coefficient (Wildman–Crippen LogP) is 3.30. The van der Waals surface area contributed by atoms with Crippen LogP contribution in [-0.4, -0.2) is 34.5 Å². The van der Waals surface area contributed by atoms with Crippen molar-refractivity contribution in [3.63, 3.8) is 0 Å². The number of carboxylic acids is 1. The molecule has 3 rings (SSSR count). The van der Waals surface area contributed by atoms with E-state index in [1.54, 1.807) is 0 Å². The lowest BCUT2D eigenvalue weighted by Gasteiger charge is -2.40. The first-order valence-corrected chi connectivity index (χ1v) is 8.74. The van der Waals surface area contributed by atoms with Gasteiger partial charge >= 0.3 is 5.97 Å². The number of hydrogen-bond donors (Lipinski definition) is 1. The summed E-state index contributed by atoms with van der Waals surface area (Å²) in [6, 6.07) is 0.317. The van der Waals surface area contributed by atoms with E-state index in [9.17, 15) is 14.7 Å². The van der Waals surface area contributed by atoms with Crippen LogP contribution in [0.2, 0.25) is 0 Å². The standard InChI is InChI=1S/C18H29NO3/c1-17(2)8-12-9-18(3,10-17)11-19(12)15(20)13-6-4-5-7-14(13)16(21)22/h12-14H,4-11H2,1-3H3,(H,21,22)/t12-,13+,14-,18-/m1/s1. The number of nitrogens with zero attached hydrogens (tertiary/aromatic N) is 1. The molecule has 1 aliphatic heterocycles. The van der Waals surface area contributed by atoms with Gasteiger partial charge in [0.1, 0.15) is 0 Å². The van der Waals surface area contributed by atoms with E-state index in [1.165, 1.54) is 0 Å². The minimum Gasteiger partial charge on any atom is -0.481 e. The molecule has 22 heavy (non-hydrogen) atoms. The number of fused-ring (bicyclic) bond motifs is 2. The van der Waals surface area contributed by atoms with Crippen LogP contribution < -0.4 is 0 Å². The Morgan fingerprint density at radius 2 is 1.68 bits per heavy atom. The lowest BCUT2D eigenvalue weighted by atomic mass is 9.65.